The zero-order valence-corrected chi connectivity index (χ0v) is 5.84. The zero-order chi connectivity index (χ0) is 5.28. The summed E-state index contributed by atoms with van der Waals surface area (Å²) < 4.78 is 1.08. The van der Waals surface area contributed by atoms with E-state index in [1.165, 1.54) is 0 Å². The zero-order valence-electron chi connectivity index (χ0n) is 3.69. The predicted molar refractivity (Wildman–Crippen MR) is 38.6 cm³/mol. The Morgan fingerprint density at radius 1 is 1.86 bits per heavy atom. The molecule has 0 aromatic carbocycles. The summed E-state index contributed by atoms with van der Waals surface area (Å²) in [6.45, 7) is 0.768. The van der Waals surface area contributed by atoms with E-state index in [0.717, 1.165) is 10.1 Å². The molecule has 1 heterocycles. The van der Waals surface area contributed by atoms with E-state index in [-0.39, 0.29) is 0 Å². The van der Waals surface area contributed by atoms with E-state index in [9.17, 15) is 0 Å². The lowest BCUT2D eigenvalue weighted by Crippen LogP contribution is -2.07. The Balaban J connectivity index is 2.78. The smallest absolute Gasteiger partial charge is 0.131 e. The number of amidine groups is 1. The van der Waals surface area contributed by atoms with E-state index in [2.05, 4.69) is 27.6 Å². The Morgan fingerprint density at radius 2 is 2.57 bits per heavy atom. The van der Waals surface area contributed by atoms with Gasteiger partial charge in [0.25, 0.3) is 0 Å². The van der Waals surface area contributed by atoms with Gasteiger partial charge in [-0.15, -0.1) is 0 Å². The Kier molecular flexibility index (Phi) is 1.32. The van der Waals surface area contributed by atoms with Gasteiger partial charge in [-0.2, -0.15) is 0 Å². The van der Waals surface area contributed by atoms with Crippen LogP contribution in [0.3, 0.4) is 0 Å². The third-order valence-corrected chi connectivity index (χ3v) is 1.77. The highest BCUT2D eigenvalue weighted by Crippen LogP contribution is 2.09. The lowest BCUT2D eigenvalue weighted by Gasteiger charge is -1.83. The minimum Gasteiger partial charge on any atom is -0.383 e. The van der Waals surface area contributed by atoms with Gasteiger partial charge in [-0.1, -0.05) is 0 Å². The molecule has 0 aromatic heterocycles. The summed E-state index contributed by atoms with van der Waals surface area (Å²) in [4.78, 5) is 3.91. The van der Waals surface area contributed by atoms with Gasteiger partial charge in [-0.3, -0.25) is 4.99 Å². The second kappa shape index (κ2) is 1.81. The summed E-state index contributed by atoms with van der Waals surface area (Å²) in [7, 11) is 0. The van der Waals surface area contributed by atoms with E-state index in [4.69, 9.17) is 5.73 Å². The largest absolute Gasteiger partial charge is 0.383 e. The summed E-state index contributed by atoms with van der Waals surface area (Å²) >= 11 is 2.16. The van der Waals surface area contributed by atoms with Gasteiger partial charge < -0.3 is 5.73 Å². The van der Waals surface area contributed by atoms with Crippen molar-refractivity contribution in [2.75, 3.05) is 6.54 Å². The van der Waals surface area contributed by atoms with Gasteiger partial charge in [0.15, 0.2) is 0 Å². The second-order valence-electron chi connectivity index (χ2n) is 1.28. The molecule has 0 radical (unpaired) electrons. The molecule has 38 valence electrons. The standard InChI is InChI=1S/C4H5IN2/c5-3-1-2-7-4(3)6/h1H,2H2,(H2,6,7). The van der Waals surface area contributed by atoms with Crippen molar-refractivity contribution in [3.63, 3.8) is 0 Å². The molecule has 1 aliphatic heterocycles. The maximum Gasteiger partial charge on any atom is 0.131 e. The van der Waals surface area contributed by atoms with Gasteiger partial charge in [0.2, 0.25) is 0 Å². The van der Waals surface area contributed by atoms with Crippen LogP contribution in [0.1, 0.15) is 0 Å². The molecule has 0 atom stereocenters. The molecular weight excluding hydrogens is 203 g/mol. The highest BCUT2D eigenvalue weighted by Gasteiger charge is 2.00. The Hall–Kier alpha value is -0.0600. The highest BCUT2D eigenvalue weighted by molar-refractivity contribution is 14.1. The summed E-state index contributed by atoms with van der Waals surface area (Å²) in [5.41, 5.74) is 5.35. The maximum absolute atomic E-state index is 5.35. The monoisotopic (exact) mass is 208 g/mol. The van der Waals surface area contributed by atoms with Crippen LogP contribution >= 0.6 is 22.6 Å². The number of rotatable bonds is 0. The molecule has 2 nitrogen and oxygen atoms in total. The van der Waals surface area contributed by atoms with Crippen molar-refractivity contribution in [2.45, 2.75) is 0 Å². The van der Waals surface area contributed by atoms with E-state index in [1.807, 2.05) is 6.08 Å². The Labute approximate surface area is 55.6 Å². The first kappa shape index (κ1) is 5.08. The summed E-state index contributed by atoms with van der Waals surface area (Å²) in [5, 5.41) is 0. The molecular formula is C4H5IN2. The first-order valence-corrected chi connectivity index (χ1v) is 3.04. The van der Waals surface area contributed by atoms with E-state index >= 15 is 0 Å². The van der Waals surface area contributed by atoms with Crippen molar-refractivity contribution in [3.8, 4) is 0 Å². The van der Waals surface area contributed by atoms with Crippen molar-refractivity contribution < 1.29 is 0 Å². The number of nitrogens with zero attached hydrogens (tertiary/aromatic N) is 1. The molecule has 0 spiro atoms. The van der Waals surface area contributed by atoms with Crippen LogP contribution in [0.2, 0.25) is 0 Å². The molecule has 0 unspecified atom stereocenters. The fourth-order valence-electron chi connectivity index (χ4n) is 0.404. The van der Waals surface area contributed by atoms with Gasteiger partial charge in [0.1, 0.15) is 5.84 Å². The van der Waals surface area contributed by atoms with Crippen molar-refractivity contribution in [3.05, 3.63) is 9.66 Å². The van der Waals surface area contributed by atoms with Crippen LogP contribution in [0.4, 0.5) is 0 Å². The summed E-state index contributed by atoms with van der Waals surface area (Å²) in [6, 6.07) is 0. The third-order valence-electron chi connectivity index (χ3n) is 0.777. The Morgan fingerprint density at radius 3 is 2.71 bits per heavy atom. The van der Waals surface area contributed by atoms with Gasteiger partial charge in [0, 0.05) is 0 Å². The van der Waals surface area contributed by atoms with Crippen molar-refractivity contribution in [1.29, 1.82) is 0 Å². The molecule has 0 aromatic rings. The quantitative estimate of drug-likeness (QED) is 0.584. The lowest BCUT2D eigenvalue weighted by atomic mass is 10.5. The molecule has 7 heavy (non-hydrogen) atoms. The molecule has 2 N–H and O–H groups in total. The van der Waals surface area contributed by atoms with Crippen molar-refractivity contribution >= 4 is 28.4 Å². The summed E-state index contributed by atoms with van der Waals surface area (Å²) in [6.07, 6.45) is 2.00. The normalized spacial score (nSPS) is 19.0. The van der Waals surface area contributed by atoms with Crippen molar-refractivity contribution in [1.82, 2.24) is 0 Å². The SMILES string of the molecule is NC1=NCC=C1I. The van der Waals surface area contributed by atoms with Crippen LogP contribution in [-0.4, -0.2) is 12.4 Å². The number of halogens is 1. The third kappa shape index (κ3) is 0.933. The highest BCUT2D eigenvalue weighted by atomic mass is 127. The topological polar surface area (TPSA) is 38.4 Å². The predicted octanol–water partition coefficient (Wildman–Crippen LogP) is 0.676. The minimum absolute atomic E-state index is 0.681. The van der Waals surface area contributed by atoms with Gasteiger partial charge >= 0.3 is 0 Å². The van der Waals surface area contributed by atoms with E-state index < -0.39 is 0 Å². The van der Waals surface area contributed by atoms with Crippen LogP contribution in [-0.2, 0) is 0 Å². The lowest BCUT2D eigenvalue weighted by molar-refractivity contribution is 1.27. The van der Waals surface area contributed by atoms with Crippen LogP contribution in [0.5, 0.6) is 0 Å². The Bertz CT molecular complexity index is 121. The van der Waals surface area contributed by atoms with Crippen LogP contribution in [0.15, 0.2) is 14.6 Å². The fraction of sp³-hybridized carbons (Fsp3) is 0.250. The number of hydrogen-bond acceptors (Lipinski definition) is 2. The van der Waals surface area contributed by atoms with Crippen LogP contribution in [0, 0.1) is 0 Å². The molecule has 3 heteroatoms. The van der Waals surface area contributed by atoms with Crippen LogP contribution < -0.4 is 5.73 Å². The average Bonchev–Trinajstić information content (AvgIpc) is 1.91. The second-order valence-corrected chi connectivity index (χ2v) is 2.44. The molecule has 0 bridgehead atoms. The summed E-state index contributed by atoms with van der Waals surface area (Å²) in [5.74, 6) is 0.681. The molecule has 1 rings (SSSR count). The van der Waals surface area contributed by atoms with Gasteiger partial charge in [-0.25, -0.2) is 0 Å². The van der Waals surface area contributed by atoms with Gasteiger partial charge in [0.05, 0.1) is 10.1 Å². The number of nitrogens with two attached hydrogens (primary N) is 1. The molecule has 0 aliphatic carbocycles. The molecule has 1 aliphatic rings. The number of aliphatic imine (C=N–C) groups is 1. The maximum atomic E-state index is 5.35. The average molecular weight is 208 g/mol. The fourth-order valence-corrected chi connectivity index (χ4v) is 0.772. The molecule has 0 saturated carbocycles. The molecule has 0 amide bonds. The first-order valence-electron chi connectivity index (χ1n) is 1.96. The van der Waals surface area contributed by atoms with Crippen molar-refractivity contribution in [2.24, 2.45) is 10.7 Å². The molecule has 0 fully saturated rings. The van der Waals surface area contributed by atoms with Crippen LogP contribution in [0.25, 0.3) is 0 Å². The molecule has 0 saturated heterocycles. The van der Waals surface area contributed by atoms with E-state index in [1.54, 1.807) is 0 Å². The minimum atomic E-state index is 0.681. The van der Waals surface area contributed by atoms with E-state index in [0.29, 0.717) is 5.84 Å². The first-order chi connectivity index (χ1) is 3.30. The number of hydrogen-bond donors (Lipinski definition) is 1. The van der Waals surface area contributed by atoms with Gasteiger partial charge in [-0.05, 0) is 28.7 Å².